The zero-order chi connectivity index (χ0) is 21.5. The first-order valence-corrected chi connectivity index (χ1v) is 10.3. The van der Waals surface area contributed by atoms with E-state index in [0.717, 1.165) is 33.4 Å². The third-order valence-electron chi connectivity index (χ3n) is 5.64. The Hall–Kier alpha value is -4.52. The fourth-order valence-corrected chi connectivity index (χ4v) is 3.85. The molecule has 0 atom stereocenters. The van der Waals surface area contributed by atoms with Gasteiger partial charge in [0.15, 0.2) is 5.65 Å². The lowest BCUT2D eigenvalue weighted by Gasteiger charge is -2.17. The van der Waals surface area contributed by atoms with Gasteiger partial charge >= 0.3 is 0 Å². The maximum Gasteiger partial charge on any atom is 0.231 e. The van der Waals surface area contributed by atoms with Crippen molar-refractivity contribution in [1.82, 2.24) is 29.7 Å². The standard InChI is InChI=1S/C25H19N7/c1-31(20-10-7-18(8-11-20)17-5-3-2-4-6-17)25-26-15-23-24(29-25)32(16-27-23)21-12-9-19-14-28-30-22(19)13-21/h2-16H,1H3,(H,28,30). The summed E-state index contributed by atoms with van der Waals surface area (Å²) in [6.45, 7) is 0. The number of hydrogen-bond acceptors (Lipinski definition) is 5. The third-order valence-corrected chi connectivity index (χ3v) is 5.64. The molecule has 3 aromatic carbocycles. The number of aromatic nitrogens is 6. The molecule has 0 aliphatic rings. The molecule has 6 rings (SSSR count). The normalized spacial score (nSPS) is 11.3. The van der Waals surface area contributed by atoms with Crippen LogP contribution in [-0.2, 0) is 0 Å². The van der Waals surface area contributed by atoms with E-state index < -0.39 is 0 Å². The molecule has 0 saturated heterocycles. The molecule has 0 bridgehead atoms. The summed E-state index contributed by atoms with van der Waals surface area (Å²) >= 11 is 0. The number of H-pyrrole nitrogens is 1. The molecule has 7 heteroatoms. The molecule has 3 heterocycles. The fraction of sp³-hybridized carbons (Fsp3) is 0.0400. The molecule has 3 aromatic heterocycles. The number of nitrogens with zero attached hydrogens (tertiary/aromatic N) is 6. The minimum Gasteiger partial charge on any atom is -0.314 e. The van der Waals surface area contributed by atoms with Crippen LogP contribution >= 0.6 is 0 Å². The van der Waals surface area contributed by atoms with E-state index in [-0.39, 0.29) is 0 Å². The molecule has 0 amide bonds. The van der Waals surface area contributed by atoms with Gasteiger partial charge in [-0.25, -0.2) is 9.97 Å². The summed E-state index contributed by atoms with van der Waals surface area (Å²) < 4.78 is 1.97. The average Bonchev–Trinajstić information content (AvgIpc) is 3.50. The Balaban J connectivity index is 1.36. The predicted molar refractivity (Wildman–Crippen MR) is 126 cm³/mol. The van der Waals surface area contributed by atoms with Crippen LogP contribution in [0, 0.1) is 0 Å². The molecule has 154 valence electrons. The quantitative estimate of drug-likeness (QED) is 0.430. The monoisotopic (exact) mass is 417 g/mol. The van der Waals surface area contributed by atoms with Crippen molar-refractivity contribution in [1.29, 1.82) is 0 Å². The molecular formula is C25H19N7. The van der Waals surface area contributed by atoms with Gasteiger partial charge in [-0.2, -0.15) is 10.1 Å². The molecule has 7 nitrogen and oxygen atoms in total. The fourth-order valence-electron chi connectivity index (χ4n) is 3.85. The van der Waals surface area contributed by atoms with Crippen LogP contribution in [0.5, 0.6) is 0 Å². The maximum absolute atomic E-state index is 4.83. The van der Waals surface area contributed by atoms with E-state index in [1.165, 1.54) is 11.1 Å². The summed E-state index contributed by atoms with van der Waals surface area (Å²) in [5, 5.41) is 8.18. The summed E-state index contributed by atoms with van der Waals surface area (Å²) in [7, 11) is 1.97. The topological polar surface area (TPSA) is 75.5 Å². The number of aromatic amines is 1. The Labute approximate surface area is 184 Å². The molecule has 0 unspecified atom stereocenters. The number of rotatable bonds is 4. The van der Waals surface area contributed by atoms with Crippen molar-refractivity contribution in [2.75, 3.05) is 11.9 Å². The van der Waals surface area contributed by atoms with Crippen LogP contribution in [0.15, 0.2) is 91.5 Å². The first-order chi connectivity index (χ1) is 15.8. The van der Waals surface area contributed by atoms with Crippen LogP contribution in [-0.4, -0.2) is 36.8 Å². The van der Waals surface area contributed by atoms with E-state index in [1.54, 1.807) is 12.5 Å². The lowest BCUT2D eigenvalue weighted by molar-refractivity contribution is 1.02. The highest BCUT2D eigenvalue weighted by atomic mass is 15.3. The van der Waals surface area contributed by atoms with E-state index in [2.05, 4.69) is 56.6 Å². The van der Waals surface area contributed by atoms with Gasteiger partial charge in [-0.05, 0) is 41.5 Å². The van der Waals surface area contributed by atoms with E-state index >= 15 is 0 Å². The van der Waals surface area contributed by atoms with Crippen molar-refractivity contribution < 1.29 is 0 Å². The Morgan fingerprint density at radius 3 is 2.50 bits per heavy atom. The highest BCUT2D eigenvalue weighted by Crippen LogP contribution is 2.27. The van der Waals surface area contributed by atoms with Gasteiger partial charge in [-0.15, -0.1) is 0 Å². The van der Waals surface area contributed by atoms with Gasteiger partial charge in [-0.1, -0.05) is 42.5 Å². The van der Waals surface area contributed by atoms with Gasteiger partial charge in [-0.3, -0.25) is 9.67 Å². The average molecular weight is 417 g/mol. The zero-order valence-electron chi connectivity index (χ0n) is 17.3. The first kappa shape index (κ1) is 18.3. The number of fused-ring (bicyclic) bond motifs is 2. The largest absolute Gasteiger partial charge is 0.314 e. The summed E-state index contributed by atoms with van der Waals surface area (Å²) in [4.78, 5) is 15.8. The maximum atomic E-state index is 4.83. The van der Waals surface area contributed by atoms with Crippen molar-refractivity contribution in [3.05, 3.63) is 91.5 Å². The van der Waals surface area contributed by atoms with E-state index in [9.17, 15) is 0 Å². The molecule has 0 saturated carbocycles. The minimum atomic E-state index is 0.606. The third kappa shape index (κ3) is 3.07. The van der Waals surface area contributed by atoms with Gasteiger partial charge in [0.05, 0.1) is 23.6 Å². The van der Waals surface area contributed by atoms with Crippen molar-refractivity contribution in [3.63, 3.8) is 0 Å². The Bertz CT molecular complexity index is 1530. The molecule has 0 aliphatic carbocycles. The van der Waals surface area contributed by atoms with Crippen LogP contribution < -0.4 is 4.90 Å². The Kier molecular flexibility index (Phi) is 4.18. The van der Waals surface area contributed by atoms with Gasteiger partial charge in [0.1, 0.15) is 11.8 Å². The Morgan fingerprint density at radius 1 is 0.844 bits per heavy atom. The second kappa shape index (κ2) is 7.31. The molecule has 32 heavy (non-hydrogen) atoms. The zero-order valence-corrected chi connectivity index (χ0v) is 17.3. The summed E-state index contributed by atoms with van der Waals surface area (Å²) in [6, 6.07) is 24.8. The number of imidazole rings is 1. The predicted octanol–water partition coefficient (Wildman–Crippen LogP) is 5.13. The summed E-state index contributed by atoms with van der Waals surface area (Å²) in [5.41, 5.74) is 6.80. The van der Waals surface area contributed by atoms with Crippen molar-refractivity contribution >= 4 is 33.7 Å². The lowest BCUT2D eigenvalue weighted by atomic mass is 10.1. The second-order valence-corrected chi connectivity index (χ2v) is 7.61. The molecule has 0 radical (unpaired) electrons. The number of nitrogens with one attached hydrogen (secondary N) is 1. The van der Waals surface area contributed by atoms with Crippen LogP contribution in [0.3, 0.4) is 0 Å². The number of anilines is 2. The first-order valence-electron chi connectivity index (χ1n) is 10.3. The lowest BCUT2D eigenvalue weighted by Crippen LogP contribution is -2.13. The molecule has 6 aromatic rings. The van der Waals surface area contributed by atoms with Gasteiger partial charge < -0.3 is 4.90 Å². The van der Waals surface area contributed by atoms with Crippen molar-refractivity contribution in [3.8, 4) is 16.8 Å². The molecule has 0 aliphatic heterocycles. The highest BCUT2D eigenvalue weighted by molar-refractivity contribution is 5.82. The van der Waals surface area contributed by atoms with Crippen LogP contribution in [0.1, 0.15) is 0 Å². The van der Waals surface area contributed by atoms with Crippen molar-refractivity contribution in [2.24, 2.45) is 0 Å². The summed E-state index contributed by atoms with van der Waals surface area (Å²) in [5.74, 6) is 0.606. The molecule has 0 fully saturated rings. The van der Waals surface area contributed by atoms with Gasteiger partial charge in [0, 0.05) is 18.1 Å². The SMILES string of the molecule is CN(c1ccc(-c2ccccc2)cc1)c1ncc2ncn(-c3ccc4cn[nH]c4c3)c2n1. The van der Waals surface area contributed by atoms with Crippen LogP contribution in [0.4, 0.5) is 11.6 Å². The van der Waals surface area contributed by atoms with Gasteiger partial charge in [0.2, 0.25) is 5.95 Å². The van der Waals surface area contributed by atoms with Crippen molar-refractivity contribution in [2.45, 2.75) is 0 Å². The number of hydrogen-bond donors (Lipinski definition) is 1. The molecule has 0 spiro atoms. The Morgan fingerprint density at radius 2 is 1.66 bits per heavy atom. The van der Waals surface area contributed by atoms with E-state index in [1.807, 2.05) is 59.1 Å². The molecular weight excluding hydrogens is 398 g/mol. The highest BCUT2D eigenvalue weighted by Gasteiger charge is 2.13. The van der Waals surface area contributed by atoms with E-state index in [4.69, 9.17) is 4.98 Å². The van der Waals surface area contributed by atoms with Crippen LogP contribution in [0.2, 0.25) is 0 Å². The number of benzene rings is 3. The minimum absolute atomic E-state index is 0.606. The molecule has 1 N–H and O–H groups in total. The van der Waals surface area contributed by atoms with E-state index in [0.29, 0.717) is 5.95 Å². The smallest absolute Gasteiger partial charge is 0.231 e. The summed E-state index contributed by atoms with van der Waals surface area (Å²) in [6.07, 6.45) is 5.34. The van der Waals surface area contributed by atoms with Crippen LogP contribution in [0.25, 0.3) is 38.9 Å². The second-order valence-electron chi connectivity index (χ2n) is 7.61. The van der Waals surface area contributed by atoms with Gasteiger partial charge in [0.25, 0.3) is 0 Å².